The van der Waals surface area contributed by atoms with Crippen LogP contribution in [0.25, 0.3) is 44.2 Å². The van der Waals surface area contributed by atoms with E-state index in [1.165, 1.54) is 20.0 Å². The predicted molar refractivity (Wildman–Crippen MR) is 279 cm³/mol. The summed E-state index contributed by atoms with van der Waals surface area (Å²) >= 11 is 0. The van der Waals surface area contributed by atoms with Gasteiger partial charge in [-0.15, -0.1) is 0 Å². The van der Waals surface area contributed by atoms with E-state index in [1.807, 2.05) is 24.9 Å². The number of rotatable bonds is 9. The smallest absolute Gasteiger partial charge is 0.407 e. The molecule has 3 N–H and O–H groups in total. The number of benzene rings is 3. The molecular formula is C47H67N7O5S5. The Kier molecular flexibility index (Phi) is 17.4. The summed E-state index contributed by atoms with van der Waals surface area (Å²) in [5.74, 6) is 1.87. The van der Waals surface area contributed by atoms with Gasteiger partial charge in [0.1, 0.15) is 17.7 Å². The van der Waals surface area contributed by atoms with E-state index in [0.29, 0.717) is 19.1 Å². The second-order valence-electron chi connectivity index (χ2n) is 18.7. The summed E-state index contributed by atoms with van der Waals surface area (Å²) in [5, 5.41) is 4.89. The summed E-state index contributed by atoms with van der Waals surface area (Å²) in [5.41, 5.74) is 6.08. The van der Waals surface area contributed by atoms with E-state index < -0.39 is 12.1 Å². The molecule has 64 heavy (non-hydrogen) atoms. The average Bonchev–Trinajstić information content (AvgIpc) is 3.66. The molecule has 2 aromatic heterocycles. The lowest BCUT2D eigenvalue weighted by Crippen LogP contribution is -2.51. The largest absolute Gasteiger partial charge is 0.453 e. The van der Waals surface area contributed by atoms with E-state index in [0.717, 1.165) is 94.7 Å². The van der Waals surface area contributed by atoms with Crippen molar-refractivity contribution < 1.29 is 23.9 Å². The molecule has 4 fully saturated rings. The van der Waals surface area contributed by atoms with Crippen molar-refractivity contribution in [2.45, 2.75) is 91.3 Å². The maximum Gasteiger partial charge on any atom is 0.407 e. The van der Waals surface area contributed by atoms with E-state index in [4.69, 9.17) is 19.4 Å². The number of nitrogens with one attached hydrogen (secondary N) is 3. The van der Waals surface area contributed by atoms with Crippen molar-refractivity contribution in [3.05, 3.63) is 72.4 Å². The fourth-order valence-corrected chi connectivity index (χ4v) is 9.88. The first-order valence-electron chi connectivity index (χ1n) is 21.5. The molecule has 350 valence electrons. The third-order valence-electron chi connectivity index (χ3n) is 14.0. The molecule has 9 rings (SSSR count). The lowest BCUT2D eigenvalue weighted by molar-refractivity contribution is -0.138. The zero-order valence-electron chi connectivity index (χ0n) is 37.6. The Morgan fingerprint density at radius 1 is 0.766 bits per heavy atom. The van der Waals surface area contributed by atoms with Gasteiger partial charge in [-0.25, -0.2) is 14.8 Å². The Bertz CT molecular complexity index is 2410. The van der Waals surface area contributed by atoms with Gasteiger partial charge >= 0.3 is 6.09 Å². The Labute approximate surface area is 411 Å². The molecule has 5 atom stereocenters. The number of hydrogen-bond donors (Lipinski definition) is 3. The number of fused-ring (bicyclic) bond motifs is 3. The van der Waals surface area contributed by atoms with Crippen LogP contribution in [-0.2, 0) is 19.1 Å². The van der Waals surface area contributed by atoms with Crippen LogP contribution in [0.15, 0.2) is 60.8 Å². The standard InChI is InChI=1S/C47H57N7O5.5H2S/c1-27(2)29(5)43(55)53-24-46(17-18-46)21-37(53)41-48-23-36(50-41)31-10-8-30(9-11-31)32-12-14-34-33(20-32)13-15-35-40(34)51-42(49-35)38-22-47(16-7-19-59-26-47)25-54(38)44(56)39(28(3)4)52-45(57)58-6;;;;;/h8-15,20,23,27-29,37-39H,7,16-19,21-22,24-26H2,1-6H3,(H,48,50)(H,49,51)(H,52,57);5*1H2/t29-,37-,38-,39-,47-;;;;;/m0...../s1. The minimum absolute atomic E-state index is 0. The van der Waals surface area contributed by atoms with Crippen molar-refractivity contribution >= 4 is 107 Å². The number of likely N-dealkylation sites (tertiary alicyclic amines) is 2. The first-order chi connectivity index (χ1) is 28.4. The van der Waals surface area contributed by atoms with Crippen LogP contribution in [0.1, 0.15) is 96.9 Å². The fraction of sp³-hybridized carbons (Fsp3) is 0.511. The topological polar surface area (TPSA) is 146 Å². The number of aromatic amines is 2. The molecule has 4 aliphatic rings. The van der Waals surface area contributed by atoms with Gasteiger partial charge in [0.15, 0.2) is 0 Å². The summed E-state index contributed by atoms with van der Waals surface area (Å²) in [6.07, 6.45) is 7.30. The number of methoxy groups -OCH3 is 1. The van der Waals surface area contributed by atoms with E-state index in [9.17, 15) is 14.4 Å². The summed E-state index contributed by atoms with van der Waals surface area (Å²) in [4.78, 5) is 61.3. The number of aromatic nitrogens is 4. The number of carbonyl (C=O) groups is 3. The molecule has 17 heteroatoms. The van der Waals surface area contributed by atoms with Crippen LogP contribution < -0.4 is 5.32 Å². The van der Waals surface area contributed by atoms with Crippen LogP contribution in [0, 0.1) is 28.6 Å². The first-order valence-corrected chi connectivity index (χ1v) is 21.5. The summed E-state index contributed by atoms with van der Waals surface area (Å²) in [6.45, 7) is 12.9. The monoisotopic (exact) mass is 969 g/mol. The van der Waals surface area contributed by atoms with Crippen molar-refractivity contribution in [3.63, 3.8) is 0 Å². The lowest BCUT2D eigenvalue weighted by Gasteiger charge is -2.33. The van der Waals surface area contributed by atoms with Gasteiger partial charge in [-0.3, -0.25) is 9.59 Å². The molecule has 5 aromatic rings. The minimum Gasteiger partial charge on any atom is -0.453 e. The molecule has 0 radical (unpaired) electrons. The van der Waals surface area contributed by atoms with Gasteiger partial charge in [-0.1, -0.05) is 77.1 Å². The second-order valence-corrected chi connectivity index (χ2v) is 18.7. The van der Waals surface area contributed by atoms with E-state index in [2.05, 4.69) is 95.6 Å². The molecule has 0 unspecified atom stereocenters. The van der Waals surface area contributed by atoms with Gasteiger partial charge in [-0.05, 0) is 90.0 Å². The average molecular weight is 970 g/mol. The Hall–Kier alpha value is -3.48. The maximum atomic E-state index is 14.3. The predicted octanol–water partition coefficient (Wildman–Crippen LogP) is 9.13. The zero-order chi connectivity index (χ0) is 41.2. The van der Waals surface area contributed by atoms with E-state index in [-0.39, 0.29) is 114 Å². The van der Waals surface area contributed by atoms with Gasteiger partial charge in [0, 0.05) is 36.4 Å². The zero-order valence-corrected chi connectivity index (χ0v) is 42.6. The first kappa shape index (κ1) is 53.1. The SMILES string of the molecule is COC(=O)N[C@H](C(=O)N1C[C@]2(CCCOC2)C[C@H]1c1nc2c(ccc3cc(-c4ccc(-c5cnc([C@@H]6CC7(CC7)CN6C(=O)[C@@H](C)C(C)C)[nH]5)cc4)ccc32)[nH]1)C(C)C.S.S.S.S.S. The number of alkyl carbamates (subject to hydrolysis) is 1. The number of ether oxygens (including phenoxy) is 2. The fourth-order valence-electron chi connectivity index (χ4n) is 9.88. The Morgan fingerprint density at radius 2 is 1.41 bits per heavy atom. The van der Waals surface area contributed by atoms with Crippen LogP contribution in [-0.4, -0.2) is 87.1 Å². The highest BCUT2D eigenvalue weighted by molar-refractivity contribution is 7.60. The van der Waals surface area contributed by atoms with Crippen molar-refractivity contribution in [2.75, 3.05) is 33.4 Å². The number of imidazole rings is 2. The number of H-pyrrole nitrogens is 2. The maximum absolute atomic E-state index is 14.3. The minimum atomic E-state index is -0.729. The number of hydrogen-bond acceptors (Lipinski definition) is 7. The van der Waals surface area contributed by atoms with Crippen molar-refractivity contribution in [3.8, 4) is 22.4 Å². The van der Waals surface area contributed by atoms with E-state index in [1.54, 1.807) is 0 Å². The molecule has 1 aliphatic carbocycles. The van der Waals surface area contributed by atoms with Crippen molar-refractivity contribution in [2.24, 2.45) is 28.6 Å². The highest BCUT2D eigenvalue weighted by atomic mass is 32.1. The van der Waals surface area contributed by atoms with E-state index >= 15 is 0 Å². The normalized spacial score (nSPS) is 21.7. The van der Waals surface area contributed by atoms with Crippen LogP contribution >= 0.6 is 67.5 Å². The molecule has 5 heterocycles. The third kappa shape index (κ3) is 10.1. The van der Waals surface area contributed by atoms with Gasteiger partial charge in [-0.2, -0.15) is 67.5 Å². The molecule has 12 nitrogen and oxygen atoms in total. The second kappa shape index (κ2) is 21.0. The number of amides is 3. The van der Waals surface area contributed by atoms with Crippen LogP contribution in [0.4, 0.5) is 4.79 Å². The quantitative estimate of drug-likeness (QED) is 0.134. The van der Waals surface area contributed by atoms with Crippen molar-refractivity contribution in [1.82, 2.24) is 35.1 Å². The number of nitrogens with zero attached hydrogens (tertiary/aromatic N) is 4. The highest BCUT2D eigenvalue weighted by Crippen LogP contribution is 2.58. The van der Waals surface area contributed by atoms with Gasteiger partial charge in [0.2, 0.25) is 11.8 Å². The molecule has 3 aromatic carbocycles. The molecule has 0 bridgehead atoms. The summed E-state index contributed by atoms with van der Waals surface area (Å²) in [7, 11) is 1.31. The third-order valence-corrected chi connectivity index (χ3v) is 14.0. The molecule has 3 aliphatic heterocycles. The highest BCUT2D eigenvalue weighted by Gasteiger charge is 2.55. The van der Waals surface area contributed by atoms with Gasteiger partial charge < -0.3 is 34.6 Å². The van der Waals surface area contributed by atoms with Crippen molar-refractivity contribution in [1.29, 1.82) is 0 Å². The summed E-state index contributed by atoms with van der Waals surface area (Å²) in [6, 6.07) is 18.2. The van der Waals surface area contributed by atoms with Gasteiger partial charge in [0.25, 0.3) is 0 Å². The molecule has 2 spiro atoms. The number of carbonyl (C=O) groups excluding carboxylic acids is 3. The lowest BCUT2D eigenvalue weighted by atomic mass is 9.80. The Morgan fingerprint density at radius 3 is 2.05 bits per heavy atom. The van der Waals surface area contributed by atoms with Crippen LogP contribution in [0.5, 0.6) is 0 Å². The summed E-state index contributed by atoms with van der Waals surface area (Å²) < 4.78 is 10.9. The van der Waals surface area contributed by atoms with Crippen LogP contribution in [0.2, 0.25) is 0 Å². The molecule has 3 saturated heterocycles. The molecule has 1 saturated carbocycles. The molecular weight excluding hydrogens is 903 g/mol. The van der Waals surface area contributed by atoms with Gasteiger partial charge in [0.05, 0.1) is 48.7 Å². The Balaban J connectivity index is 0.00000180. The molecule has 3 amide bonds. The van der Waals surface area contributed by atoms with Crippen LogP contribution in [0.3, 0.4) is 0 Å².